The van der Waals surface area contributed by atoms with Gasteiger partial charge in [-0.05, 0) is 119 Å². The van der Waals surface area contributed by atoms with Gasteiger partial charge in [0.1, 0.15) is 0 Å². The molecule has 0 bridgehead atoms. The predicted molar refractivity (Wildman–Crippen MR) is 309 cm³/mol. The van der Waals surface area contributed by atoms with Crippen LogP contribution in [0.1, 0.15) is 135 Å². The molecular formula is C58H66Cl6N8O4. The average Bonchev–Trinajstić information content (AvgIpc) is 4.02. The number of benzene rings is 4. The maximum absolute atomic E-state index is 13.4. The van der Waals surface area contributed by atoms with Gasteiger partial charge in [0.25, 0.3) is 11.8 Å². The van der Waals surface area contributed by atoms with Crippen LogP contribution in [0.4, 0.5) is 0 Å². The Hall–Kier alpha value is -5.08. The number of nitrogens with one attached hydrogen (secondary N) is 4. The quantitative estimate of drug-likeness (QED) is 0.0397. The van der Waals surface area contributed by atoms with E-state index in [0.29, 0.717) is 85.5 Å². The van der Waals surface area contributed by atoms with Gasteiger partial charge in [0.15, 0.2) is 11.4 Å². The number of hydrogen-bond donors (Lipinski definition) is 4. The van der Waals surface area contributed by atoms with Crippen molar-refractivity contribution in [3.05, 3.63) is 138 Å². The number of nitrogens with zero attached hydrogens (tertiary/aromatic N) is 4. The van der Waals surface area contributed by atoms with Crippen molar-refractivity contribution in [2.45, 2.75) is 117 Å². The van der Waals surface area contributed by atoms with Crippen LogP contribution in [-0.2, 0) is 9.59 Å². The molecule has 12 nitrogen and oxygen atoms in total. The SMILES string of the molecule is Cc1c(C(=O)NCCCCCCCCNC(=O)[C@@H]2CCC[C@H](C(=O)NCCCCCCCCNC(=O)c3nn(-c4ccc(Cl)cc4Cl)c(-c4ccc(Cl)cc4)c3C)C2)nn(-c2ccc(Cl)cc2Cl)c1-c1ccc(Cl)cc1. The van der Waals surface area contributed by atoms with E-state index in [0.717, 1.165) is 130 Å². The minimum atomic E-state index is -0.249. The first-order chi connectivity index (χ1) is 36.7. The number of amides is 4. The van der Waals surface area contributed by atoms with Gasteiger partial charge in [0, 0.05) is 80.4 Å². The second-order valence-electron chi connectivity index (χ2n) is 19.6. The molecule has 76 heavy (non-hydrogen) atoms. The van der Waals surface area contributed by atoms with Gasteiger partial charge in [-0.25, -0.2) is 9.36 Å². The molecule has 0 aliphatic heterocycles. The predicted octanol–water partition coefficient (Wildman–Crippen LogP) is 14.8. The summed E-state index contributed by atoms with van der Waals surface area (Å²) in [5.74, 6) is -0.663. The molecule has 6 aromatic rings. The number of rotatable bonds is 26. The summed E-state index contributed by atoms with van der Waals surface area (Å²) in [6.45, 7) is 6.07. The molecule has 0 spiro atoms. The average molecular weight is 1150 g/mol. The molecule has 4 N–H and O–H groups in total. The molecule has 2 heterocycles. The Kier molecular flexibility index (Phi) is 22.4. The Morgan fingerprint density at radius 2 is 0.789 bits per heavy atom. The first-order valence-electron chi connectivity index (χ1n) is 26.4. The van der Waals surface area contributed by atoms with Crippen molar-refractivity contribution in [3.8, 4) is 33.9 Å². The molecule has 1 saturated carbocycles. The zero-order valence-electron chi connectivity index (χ0n) is 43.1. The van der Waals surface area contributed by atoms with Crippen LogP contribution in [0, 0.1) is 25.7 Å². The summed E-state index contributed by atoms with van der Waals surface area (Å²) in [5.41, 5.74) is 6.50. The molecule has 1 aliphatic carbocycles. The van der Waals surface area contributed by atoms with Crippen molar-refractivity contribution in [2.24, 2.45) is 11.8 Å². The molecule has 4 amide bonds. The van der Waals surface area contributed by atoms with Gasteiger partial charge in [0.05, 0.1) is 32.8 Å². The summed E-state index contributed by atoms with van der Waals surface area (Å²) >= 11 is 37.9. The van der Waals surface area contributed by atoms with Crippen LogP contribution in [-0.4, -0.2) is 69.4 Å². The van der Waals surface area contributed by atoms with Crippen LogP contribution in [0.5, 0.6) is 0 Å². The minimum Gasteiger partial charge on any atom is -0.356 e. The highest BCUT2D eigenvalue weighted by molar-refractivity contribution is 6.36. The summed E-state index contributed by atoms with van der Waals surface area (Å²) in [5, 5.41) is 24.8. The second-order valence-corrected chi connectivity index (χ2v) is 22.1. The highest BCUT2D eigenvalue weighted by atomic mass is 35.5. The Morgan fingerprint density at radius 1 is 0.461 bits per heavy atom. The summed E-state index contributed by atoms with van der Waals surface area (Å²) < 4.78 is 3.37. The summed E-state index contributed by atoms with van der Waals surface area (Å²) in [6.07, 6.45) is 14.6. The standard InChI is InChI=1S/C58H66Cl6N8O4/c1-37-51(69-71(49-28-26-45(61)35-47(49)63)53(37)39-18-22-43(59)23-19-39)57(75)67-32-13-9-5-3-7-11-30-65-55(73)41-16-15-17-42(34-41)56(74)66-31-12-8-4-6-10-14-33-68-58(76)52-38(2)54(40-20-24-44(60)25-21-40)72(70-52)50-29-27-46(62)36-48(50)64/h18-29,35-36,41-42H,3-17,30-34H2,1-2H3,(H,65,73)(H,66,74)(H,67,75)(H,68,76)/t41-,42+. The van der Waals surface area contributed by atoms with Crippen molar-refractivity contribution >= 4 is 93.2 Å². The van der Waals surface area contributed by atoms with E-state index in [2.05, 4.69) is 21.3 Å². The van der Waals surface area contributed by atoms with Gasteiger partial charge >= 0.3 is 0 Å². The number of halogens is 6. The fourth-order valence-corrected chi connectivity index (χ4v) is 11.1. The lowest BCUT2D eigenvalue weighted by atomic mass is 9.80. The second kappa shape index (κ2) is 29.1. The van der Waals surface area contributed by atoms with Gasteiger partial charge in [-0.2, -0.15) is 10.2 Å². The molecule has 7 rings (SSSR count). The van der Waals surface area contributed by atoms with Crippen LogP contribution >= 0.6 is 69.6 Å². The van der Waals surface area contributed by atoms with E-state index in [1.807, 2.05) is 38.1 Å². The highest BCUT2D eigenvalue weighted by Crippen LogP contribution is 2.36. The third kappa shape index (κ3) is 16.0. The smallest absolute Gasteiger partial charge is 0.272 e. The van der Waals surface area contributed by atoms with Crippen molar-refractivity contribution in [1.82, 2.24) is 40.8 Å². The third-order valence-corrected chi connectivity index (χ3v) is 15.6. The van der Waals surface area contributed by atoms with E-state index < -0.39 is 0 Å². The number of hydrogen-bond acceptors (Lipinski definition) is 6. The van der Waals surface area contributed by atoms with E-state index in [1.165, 1.54) is 0 Å². The summed E-state index contributed by atoms with van der Waals surface area (Å²) in [6, 6.07) is 25.1. The first kappa shape index (κ1) is 58.6. The van der Waals surface area contributed by atoms with Gasteiger partial charge in [-0.1, -0.05) is 152 Å². The van der Waals surface area contributed by atoms with Gasteiger partial charge in [-0.15, -0.1) is 0 Å². The fraction of sp³-hybridized carbons (Fsp3) is 0.414. The molecule has 1 aliphatic rings. The van der Waals surface area contributed by atoms with Gasteiger partial charge in [-0.3, -0.25) is 19.2 Å². The lowest BCUT2D eigenvalue weighted by Crippen LogP contribution is -2.39. The zero-order chi connectivity index (χ0) is 54.1. The van der Waals surface area contributed by atoms with E-state index >= 15 is 0 Å². The van der Waals surface area contributed by atoms with Crippen LogP contribution in [0.15, 0.2) is 84.9 Å². The van der Waals surface area contributed by atoms with Gasteiger partial charge < -0.3 is 21.3 Å². The molecule has 4 aromatic carbocycles. The molecule has 0 unspecified atom stereocenters. The first-order valence-corrected chi connectivity index (χ1v) is 28.7. The Bertz CT molecular complexity index is 2750. The number of unbranched alkanes of at least 4 members (excludes halogenated alkanes) is 10. The molecule has 2 atom stereocenters. The Morgan fingerprint density at radius 3 is 1.14 bits per heavy atom. The number of carbonyl (C=O) groups is 4. The van der Waals surface area contributed by atoms with E-state index in [-0.39, 0.29) is 35.5 Å². The maximum atomic E-state index is 13.4. The van der Waals surface area contributed by atoms with Crippen molar-refractivity contribution in [2.75, 3.05) is 26.2 Å². The van der Waals surface area contributed by atoms with E-state index in [4.69, 9.17) is 79.8 Å². The topological polar surface area (TPSA) is 152 Å². The molecule has 0 saturated heterocycles. The largest absolute Gasteiger partial charge is 0.356 e. The monoisotopic (exact) mass is 1150 g/mol. The number of aromatic nitrogens is 4. The minimum absolute atomic E-state index is 0.0538. The van der Waals surface area contributed by atoms with Crippen LogP contribution < -0.4 is 21.3 Å². The molecule has 1 fully saturated rings. The lowest BCUT2D eigenvalue weighted by molar-refractivity contribution is -0.130. The highest BCUT2D eigenvalue weighted by Gasteiger charge is 2.31. The van der Waals surface area contributed by atoms with E-state index in [1.54, 1.807) is 70.0 Å². The lowest BCUT2D eigenvalue weighted by Gasteiger charge is -2.27. The molecule has 0 radical (unpaired) electrons. The van der Waals surface area contributed by atoms with E-state index in [9.17, 15) is 19.2 Å². The third-order valence-electron chi connectivity index (χ3n) is 14.0. The maximum Gasteiger partial charge on any atom is 0.272 e. The van der Waals surface area contributed by atoms with Crippen molar-refractivity contribution < 1.29 is 19.2 Å². The van der Waals surface area contributed by atoms with Crippen molar-refractivity contribution in [3.63, 3.8) is 0 Å². The summed E-state index contributed by atoms with van der Waals surface area (Å²) in [7, 11) is 0. The Labute approximate surface area is 476 Å². The molecule has 404 valence electrons. The molecular weight excluding hydrogens is 1090 g/mol. The molecule has 2 aromatic heterocycles. The van der Waals surface area contributed by atoms with Crippen LogP contribution in [0.3, 0.4) is 0 Å². The Balaban J connectivity index is 0.716. The molecule has 18 heteroatoms. The van der Waals surface area contributed by atoms with Crippen LogP contribution in [0.2, 0.25) is 30.1 Å². The number of carbonyl (C=O) groups excluding carboxylic acids is 4. The van der Waals surface area contributed by atoms with Crippen molar-refractivity contribution in [1.29, 1.82) is 0 Å². The zero-order valence-corrected chi connectivity index (χ0v) is 47.6. The normalized spacial score (nSPS) is 14.4. The van der Waals surface area contributed by atoms with Crippen LogP contribution in [0.25, 0.3) is 33.9 Å². The fourth-order valence-electron chi connectivity index (χ4n) is 9.83. The summed E-state index contributed by atoms with van der Waals surface area (Å²) in [4.78, 5) is 53.0. The van der Waals surface area contributed by atoms with Gasteiger partial charge in [0.2, 0.25) is 11.8 Å².